The maximum atomic E-state index is 13.1. The second-order valence-corrected chi connectivity index (χ2v) is 7.69. The van der Waals surface area contributed by atoms with E-state index in [-0.39, 0.29) is 22.9 Å². The summed E-state index contributed by atoms with van der Waals surface area (Å²) in [5.74, 6) is -0.368. The van der Waals surface area contributed by atoms with E-state index in [2.05, 4.69) is 22.4 Å². The molecule has 0 aliphatic heterocycles. The molecule has 0 fully saturated rings. The van der Waals surface area contributed by atoms with Crippen LogP contribution in [0, 0.1) is 6.92 Å². The number of rotatable bonds is 9. The predicted octanol–water partition coefficient (Wildman–Crippen LogP) is 3.15. The summed E-state index contributed by atoms with van der Waals surface area (Å²) in [6.45, 7) is 4.61. The Hall–Kier alpha value is -3.25. The van der Waals surface area contributed by atoms with Crippen LogP contribution in [0.2, 0.25) is 0 Å². The molecule has 0 radical (unpaired) electrons. The number of ether oxygens (including phenoxy) is 1. The first-order chi connectivity index (χ1) is 15.0. The number of hydrogen-bond acceptors (Lipinski definition) is 4. The molecule has 3 aromatic rings. The van der Waals surface area contributed by atoms with Gasteiger partial charge in [-0.25, -0.2) is 0 Å². The third kappa shape index (κ3) is 5.89. The molecule has 2 aromatic heterocycles. The molecule has 162 valence electrons. The SMILES string of the molecule is COC[C@H](C)NC(=O)c1c(CCc2ccccc2)n(Cc2ccccn2)c(C)cc1=O. The molecule has 31 heavy (non-hydrogen) atoms. The Bertz CT molecular complexity index is 1060. The monoisotopic (exact) mass is 419 g/mol. The van der Waals surface area contributed by atoms with E-state index in [4.69, 9.17) is 4.74 Å². The third-order valence-corrected chi connectivity index (χ3v) is 5.19. The molecular weight excluding hydrogens is 390 g/mol. The van der Waals surface area contributed by atoms with Crippen LogP contribution in [0.15, 0.2) is 65.6 Å². The zero-order valence-corrected chi connectivity index (χ0v) is 18.3. The van der Waals surface area contributed by atoms with E-state index in [1.54, 1.807) is 13.3 Å². The molecule has 2 heterocycles. The first-order valence-corrected chi connectivity index (χ1v) is 10.5. The van der Waals surface area contributed by atoms with Crippen molar-refractivity contribution >= 4 is 5.91 Å². The van der Waals surface area contributed by atoms with Gasteiger partial charge < -0.3 is 14.6 Å². The van der Waals surface area contributed by atoms with Gasteiger partial charge >= 0.3 is 0 Å². The van der Waals surface area contributed by atoms with Gasteiger partial charge in [0.15, 0.2) is 5.43 Å². The average Bonchev–Trinajstić information content (AvgIpc) is 2.75. The summed E-state index contributed by atoms with van der Waals surface area (Å²) in [6.07, 6.45) is 3.03. The highest BCUT2D eigenvalue weighted by atomic mass is 16.5. The Morgan fingerprint density at radius 3 is 2.55 bits per heavy atom. The van der Waals surface area contributed by atoms with Crippen LogP contribution >= 0.6 is 0 Å². The Morgan fingerprint density at radius 2 is 1.87 bits per heavy atom. The normalized spacial score (nSPS) is 11.8. The van der Waals surface area contributed by atoms with Crippen molar-refractivity contribution in [2.24, 2.45) is 0 Å². The molecular formula is C25H29N3O3. The lowest BCUT2D eigenvalue weighted by molar-refractivity contribution is 0.0902. The Labute approximate surface area is 182 Å². The van der Waals surface area contributed by atoms with Gasteiger partial charge in [-0.1, -0.05) is 36.4 Å². The van der Waals surface area contributed by atoms with E-state index in [0.29, 0.717) is 19.6 Å². The van der Waals surface area contributed by atoms with Gasteiger partial charge in [-0.2, -0.15) is 0 Å². The van der Waals surface area contributed by atoms with Gasteiger partial charge in [0.05, 0.1) is 18.8 Å². The zero-order valence-electron chi connectivity index (χ0n) is 18.3. The summed E-state index contributed by atoms with van der Waals surface area (Å²) in [7, 11) is 1.58. The Balaban J connectivity index is 2.03. The third-order valence-electron chi connectivity index (χ3n) is 5.19. The first-order valence-electron chi connectivity index (χ1n) is 10.5. The number of hydrogen-bond donors (Lipinski definition) is 1. The summed E-state index contributed by atoms with van der Waals surface area (Å²) >= 11 is 0. The minimum absolute atomic E-state index is 0.195. The Morgan fingerprint density at radius 1 is 1.13 bits per heavy atom. The van der Waals surface area contributed by atoms with Crippen molar-refractivity contribution in [1.29, 1.82) is 0 Å². The van der Waals surface area contributed by atoms with Gasteiger partial charge in [-0.05, 0) is 44.4 Å². The molecule has 1 amide bonds. The van der Waals surface area contributed by atoms with Crippen molar-refractivity contribution in [2.45, 2.75) is 39.3 Å². The van der Waals surface area contributed by atoms with Gasteiger partial charge in [0.1, 0.15) is 5.56 Å². The van der Waals surface area contributed by atoms with Crippen molar-refractivity contribution in [1.82, 2.24) is 14.9 Å². The number of nitrogens with one attached hydrogen (secondary N) is 1. The molecule has 0 bridgehead atoms. The van der Waals surface area contributed by atoms with E-state index in [1.165, 1.54) is 6.07 Å². The fourth-order valence-electron chi connectivity index (χ4n) is 3.70. The van der Waals surface area contributed by atoms with E-state index >= 15 is 0 Å². The van der Waals surface area contributed by atoms with Crippen molar-refractivity contribution < 1.29 is 9.53 Å². The Kier molecular flexibility index (Phi) is 7.73. The van der Waals surface area contributed by atoms with Crippen LogP contribution in [0.1, 0.15) is 39.9 Å². The van der Waals surface area contributed by atoms with E-state index < -0.39 is 0 Å². The maximum absolute atomic E-state index is 13.1. The van der Waals surface area contributed by atoms with Crippen molar-refractivity contribution in [2.75, 3.05) is 13.7 Å². The second-order valence-electron chi connectivity index (χ2n) is 7.69. The molecule has 0 unspecified atom stereocenters. The zero-order chi connectivity index (χ0) is 22.2. The van der Waals surface area contributed by atoms with Crippen molar-refractivity contribution in [3.8, 4) is 0 Å². The lowest BCUT2D eigenvalue weighted by Gasteiger charge is -2.21. The molecule has 0 spiro atoms. The van der Waals surface area contributed by atoms with Crippen molar-refractivity contribution in [3.05, 3.63) is 99.2 Å². The van der Waals surface area contributed by atoms with Gasteiger partial charge in [-0.3, -0.25) is 14.6 Å². The van der Waals surface area contributed by atoms with E-state index in [0.717, 1.165) is 29.1 Å². The largest absolute Gasteiger partial charge is 0.383 e. The van der Waals surface area contributed by atoms with Crippen LogP contribution in [-0.4, -0.2) is 35.2 Å². The van der Waals surface area contributed by atoms with Crippen LogP contribution in [0.25, 0.3) is 0 Å². The average molecular weight is 420 g/mol. The van der Waals surface area contributed by atoms with E-state index in [1.807, 2.05) is 54.8 Å². The summed E-state index contributed by atoms with van der Waals surface area (Å²) in [5.41, 5.74) is 3.48. The molecule has 1 aromatic carbocycles. The minimum atomic E-state index is -0.368. The lowest BCUT2D eigenvalue weighted by atomic mass is 10.0. The molecule has 1 N–H and O–H groups in total. The molecule has 0 aliphatic rings. The van der Waals surface area contributed by atoms with Crippen LogP contribution in [0.5, 0.6) is 0 Å². The highest BCUT2D eigenvalue weighted by Gasteiger charge is 2.22. The van der Waals surface area contributed by atoms with Crippen LogP contribution in [0.4, 0.5) is 0 Å². The van der Waals surface area contributed by atoms with Crippen LogP contribution < -0.4 is 10.7 Å². The molecule has 0 saturated heterocycles. The maximum Gasteiger partial charge on any atom is 0.257 e. The fourth-order valence-corrected chi connectivity index (χ4v) is 3.70. The minimum Gasteiger partial charge on any atom is -0.383 e. The van der Waals surface area contributed by atoms with Gasteiger partial charge in [0.25, 0.3) is 5.91 Å². The molecule has 6 nitrogen and oxygen atoms in total. The highest BCUT2D eigenvalue weighted by Crippen LogP contribution is 2.15. The number of benzene rings is 1. The van der Waals surface area contributed by atoms with Crippen molar-refractivity contribution in [3.63, 3.8) is 0 Å². The van der Waals surface area contributed by atoms with Crippen LogP contribution in [-0.2, 0) is 24.1 Å². The van der Waals surface area contributed by atoms with Gasteiger partial charge in [0.2, 0.25) is 0 Å². The molecule has 6 heteroatoms. The summed E-state index contributed by atoms with van der Waals surface area (Å²) in [5, 5.41) is 2.89. The second kappa shape index (κ2) is 10.7. The summed E-state index contributed by atoms with van der Waals surface area (Å²) in [6, 6.07) is 17.1. The number of pyridine rings is 2. The smallest absolute Gasteiger partial charge is 0.257 e. The number of aromatic nitrogens is 2. The van der Waals surface area contributed by atoms with Gasteiger partial charge in [-0.15, -0.1) is 0 Å². The van der Waals surface area contributed by atoms with Crippen LogP contribution in [0.3, 0.4) is 0 Å². The highest BCUT2D eigenvalue weighted by molar-refractivity contribution is 5.95. The quantitative estimate of drug-likeness (QED) is 0.578. The lowest BCUT2D eigenvalue weighted by Crippen LogP contribution is -2.39. The fraction of sp³-hybridized carbons (Fsp3) is 0.320. The number of nitrogens with zero attached hydrogens (tertiary/aromatic N) is 2. The molecule has 0 saturated carbocycles. The standard InChI is InChI=1S/C25H29N3O3/c1-18(17-31-3)27-25(30)24-22(13-12-20-9-5-4-6-10-20)28(19(2)15-23(24)29)16-21-11-7-8-14-26-21/h4-11,14-15,18H,12-13,16-17H2,1-3H3,(H,27,30)/t18-/m0/s1. The molecule has 3 rings (SSSR count). The topological polar surface area (TPSA) is 73.2 Å². The summed E-state index contributed by atoms with van der Waals surface area (Å²) < 4.78 is 7.15. The first kappa shape index (κ1) is 22.4. The predicted molar refractivity (Wildman–Crippen MR) is 121 cm³/mol. The molecule has 1 atom stereocenters. The number of amides is 1. The molecule has 0 aliphatic carbocycles. The number of methoxy groups -OCH3 is 1. The van der Waals surface area contributed by atoms with Gasteiger partial charge in [0, 0.05) is 36.8 Å². The van der Waals surface area contributed by atoms with E-state index in [9.17, 15) is 9.59 Å². The number of aryl methyl sites for hydroxylation is 2. The number of carbonyl (C=O) groups excluding carboxylic acids is 1. The summed E-state index contributed by atoms with van der Waals surface area (Å²) in [4.78, 5) is 30.5. The number of carbonyl (C=O) groups is 1.